The minimum Gasteiger partial charge on any atom is -0.504 e. The van der Waals surface area contributed by atoms with Crippen LogP contribution in [0.15, 0.2) is 140 Å². The fourth-order valence-electron chi connectivity index (χ4n) is 17.0. The summed E-state index contributed by atoms with van der Waals surface area (Å²) in [5.41, 5.74) is 7.78. The lowest BCUT2D eigenvalue weighted by atomic mass is 9.89. The molecule has 8 amide bonds. The second-order valence-corrected chi connectivity index (χ2v) is 33.2. The number of phenols is 1. The van der Waals surface area contributed by atoms with Gasteiger partial charge in [-0.2, -0.15) is 0 Å². The smallest absolute Gasteiger partial charge is 0.410 e. The Bertz CT molecular complexity index is 4540. The van der Waals surface area contributed by atoms with E-state index in [1.807, 2.05) is 48.5 Å². The van der Waals surface area contributed by atoms with Gasteiger partial charge in [-0.25, -0.2) is 4.79 Å². The Hall–Kier alpha value is -10.4. The lowest BCUT2D eigenvalue weighted by Gasteiger charge is -2.38. The number of aliphatic hydroxyl groups excluding tert-OH is 8. The number of ether oxygens (including phenoxy) is 3. The maximum Gasteiger partial charge on any atom is 0.410 e. The Labute approximate surface area is 707 Å². The quantitative estimate of drug-likeness (QED) is 0.0329. The number of fused-ring (bicyclic) bond motifs is 5. The molecule has 0 unspecified atom stereocenters. The summed E-state index contributed by atoms with van der Waals surface area (Å²) >= 11 is -4.80. The van der Waals surface area contributed by atoms with Crippen LogP contribution < -0.4 is 50.2 Å². The predicted octanol–water partition coefficient (Wildman–Crippen LogP) is 2.37. The van der Waals surface area contributed by atoms with Crippen LogP contribution in [0.2, 0.25) is 0 Å². The van der Waals surface area contributed by atoms with Gasteiger partial charge in [0.05, 0.1) is 62.5 Å². The average Bonchev–Trinajstić information content (AvgIpc) is 1.61. The molecular formula is C86H111N11O24S. The van der Waals surface area contributed by atoms with Crippen molar-refractivity contribution in [3.63, 3.8) is 0 Å². The number of nitrogens with one attached hydrogen (secondary N) is 5. The minimum absolute atomic E-state index is 0.0485. The number of rotatable bonds is 27. The van der Waals surface area contributed by atoms with E-state index in [-0.39, 0.29) is 17.7 Å². The third-order valence-electron chi connectivity index (χ3n) is 23.7. The molecule has 36 heteroatoms. The third kappa shape index (κ3) is 22.1. The molecule has 5 fully saturated rings. The van der Waals surface area contributed by atoms with E-state index in [9.17, 15) is 83.6 Å². The molecule has 13 atom stereocenters. The molecule has 0 radical (unpaired) electrons. The number of unbranched alkanes of at least 4 members (excludes halogenated alkanes) is 1. The van der Waals surface area contributed by atoms with Crippen molar-refractivity contribution >= 4 is 75.7 Å². The summed E-state index contributed by atoms with van der Waals surface area (Å²) in [4.78, 5) is 129. The number of piperazine rings is 1. The zero-order chi connectivity index (χ0) is 87.2. The molecular weight excluding hydrogens is 1600 g/mol. The molecule has 6 aromatic carbocycles. The van der Waals surface area contributed by atoms with Crippen molar-refractivity contribution in [2.45, 2.75) is 156 Å². The van der Waals surface area contributed by atoms with Crippen molar-refractivity contribution in [1.29, 1.82) is 0 Å². The van der Waals surface area contributed by atoms with Crippen molar-refractivity contribution in [3.8, 4) is 28.4 Å². The van der Waals surface area contributed by atoms with E-state index in [0.717, 1.165) is 130 Å². The van der Waals surface area contributed by atoms with E-state index in [4.69, 9.17) is 18.4 Å². The molecule has 0 aromatic heterocycles. The van der Waals surface area contributed by atoms with E-state index in [0.29, 0.717) is 38.7 Å². The van der Waals surface area contributed by atoms with Crippen molar-refractivity contribution in [2.24, 2.45) is 5.92 Å². The Balaban J connectivity index is 0.764. The number of piperidine rings is 1. The number of methoxy groups -OCH3 is 1. The van der Waals surface area contributed by atoms with Crippen LogP contribution in [0.25, 0.3) is 11.1 Å². The summed E-state index contributed by atoms with van der Waals surface area (Å²) in [6.07, 6.45) is -11.2. The van der Waals surface area contributed by atoms with Crippen LogP contribution in [0.3, 0.4) is 0 Å². The molecule has 0 saturated carbocycles. The molecule has 1 aliphatic carbocycles. The lowest BCUT2D eigenvalue weighted by molar-refractivity contribution is -0.147. The minimum atomic E-state index is -4.80. The molecule has 12 rings (SSSR count). The van der Waals surface area contributed by atoms with Gasteiger partial charge in [0.2, 0.25) is 35.4 Å². The monoisotopic (exact) mass is 1710 g/mol. The number of β-amino-alcohol motifs (C(OH)–C–C–N with tert-alkyl or cyclic N) is 1. The number of carbonyl (C=O) groups is 8. The summed E-state index contributed by atoms with van der Waals surface area (Å²) in [5, 5.41) is 115. The predicted molar refractivity (Wildman–Crippen MR) is 448 cm³/mol. The van der Waals surface area contributed by atoms with Crippen LogP contribution in [-0.4, -0.2) is 306 Å². The number of benzene rings is 6. The first kappa shape index (κ1) is 90.8. The first-order valence-electron chi connectivity index (χ1n) is 41.2. The second kappa shape index (κ2) is 41.2. The highest BCUT2D eigenvalue weighted by atomic mass is 32.3. The number of amides is 8. The molecule has 660 valence electrons. The van der Waals surface area contributed by atoms with E-state index in [2.05, 4.69) is 89.8 Å². The number of hydrogen-bond donors (Lipinski definition) is 17. The van der Waals surface area contributed by atoms with Gasteiger partial charge < -0.3 is 120 Å². The van der Waals surface area contributed by atoms with E-state index < -0.39 is 226 Å². The standard InChI is InChI=1S/C86H111N11O24S/c1-50-45-97-77(78(50)106)83(111)87-44-60(101)42-68(88-79(107)55-15-19-56(20-16-55)93-34-36-94(37-35-93)58-23-21-57(22-24-58)92-31-28-54(29-32-92)53-17-25-62(26-18-53)119-39-9-8-38-118-3)80(108)89-74(51(2)100)84(112)96-46-61(102)43-69(96)81(109)90-75(72(105)40-52-14-27-70(103)73(41-52)121-122(115,116)117)82(110)91-76(85(97)113)71(104)30-33-95(59(47-98)48-99)86(114)120-49-67-65-12-6-4-10-63(65)64-11-5-7-13-66(64)67/h4-7,10-27,41,50-51,54,59-61,67-69,71-72,74-78,98-106,115-117H,8-9,28-40,42-49H2,1-3H3,(H,87,111)(H,88,107)(H,89,108)(H,90,109)(H,91,110)/t50-,51+,60+,61+,68-,69-,71+,72+,74-,75-,76-,77-,78-/m0/s1. The molecule has 6 aromatic rings. The molecule has 35 nitrogen and oxygen atoms in total. The average molecular weight is 1710 g/mol. The molecule has 5 aliphatic heterocycles. The van der Waals surface area contributed by atoms with Gasteiger partial charge in [-0.05, 0) is 151 Å². The topological polar surface area (TPSA) is 496 Å². The van der Waals surface area contributed by atoms with Crippen LogP contribution >= 0.6 is 11.2 Å². The Morgan fingerprint density at radius 1 is 0.631 bits per heavy atom. The Morgan fingerprint density at radius 3 is 1.80 bits per heavy atom. The first-order chi connectivity index (χ1) is 58.5. The number of anilines is 3. The van der Waals surface area contributed by atoms with Crippen LogP contribution in [-0.2, 0) is 44.7 Å². The van der Waals surface area contributed by atoms with Gasteiger partial charge in [0, 0.05) is 133 Å². The number of carbonyl (C=O) groups excluding carboxylic acids is 8. The van der Waals surface area contributed by atoms with Crippen molar-refractivity contribution < 1.29 is 116 Å². The van der Waals surface area contributed by atoms with Crippen molar-refractivity contribution in [2.75, 3.05) is 120 Å². The number of aromatic hydroxyl groups is 1. The van der Waals surface area contributed by atoms with Gasteiger partial charge >= 0.3 is 6.09 Å². The largest absolute Gasteiger partial charge is 0.504 e. The van der Waals surface area contributed by atoms with Gasteiger partial charge in [0.25, 0.3) is 17.1 Å². The fraction of sp³-hybridized carbons (Fsp3) is 0.488. The summed E-state index contributed by atoms with van der Waals surface area (Å²) in [6, 6.07) is 28.0. The van der Waals surface area contributed by atoms with Gasteiger partial charge in [-0.1, -0.05) is 73.7 Å². The summed E-state index contributed by atoms with van der Waals surface area (Å²) in [7, 11) is 1.70. The van der Waals surface area contributed by atoms with Gasteiger partial charge in [-0.15, -0.1) is 0 Å². The van der Waals surface area contributed by atoms with Crippen LogP contribution in [0, 0.1) is 5.92 Å². The number of nitrogens with zero attached hydrogens (tertiary/aromatic N) is 6. The Kier molecular flexibility index (Phi) is 30.6. The Morgan fingerprint density at radius 2 is 1.20 bits per heavy atom. The zero-order valence-electron chi connectivity index (χ0n) is 68.1. The SMILES string of the molecule is COCCCCOc1ccc(C2CCN(c3ccc(N4CCN(c5ccc(C(=O)N[C@H]6C[C@@H](O)CNC(=O)[C@@H]7[C@@H](O)[C@@H](C)CN7C(=O)[C@H]([C@H](O)CCN(C(=O)OCC7c8ccccc8-c8ccccc87)C(CO)CO)NC(=O)[C@H]([C@H](O)Cc7ccc(O)c(OS(O)(O)O)c7)NC(=O)[C@@H]7C[C@@H](O)CN7C(=O)[C@H]([C@@H](C)O)NC6=O)cc5)CC4)cc3)CC2)cc1. The van der Waals surface area contributed by atoms with E-state index >= 15 is 14.4 Å². The van der Waals surface area contributed by atoms with Gasteiger partial charge in [0.1, 0.15) is 48.6 Å². The van der Waals surface area contributed by atoms with E-state index in [1.54, 1.807) is 19.2 Å². The number of phenolic OH excluding ortho intramolecular Hbond substituents is 1. The zero-order valence-corrected chi connectivity index (χ0v) is 69.0. The molecule has 0 bridgehead atoms. The fourth-order valence-corrected chi connectivity index (χ4v) is 17.3. The second-order valence-electron chi connectivity index (χ2n) is 32.1. The van der Waals surface area contributed by atoms with Crippen LogP contribution in [0.5, 0.6) is 17.2 Å². The molecule has 5 heterocycles. The van der Waals surface area contributed by atoms with Gasteiger partial charge in [0.15, 0.2) is 11.5 Å². The first-order valence-corrected chi connectivity index (χ1v) is 42.6. The molecule has 17 N–H and O–H groups in total. The maximum absolute atomic E-state index is 15.6. The summed E-state index contributed by atoms with van der Waals surface area (Å²) in [6.45, 7) is 3.95. The van der Waals surface area contributed by atoms with Crippen LogP contribution in [0.1, 0.15) is 103 Å². The van der Waals surface area contributed by atoms with E-state index in [1.165, 1.54) is 24.6 Å². The maximum atomic E-state index is 15.6. The van der Waals surface area contributed by atoms with Crippen molar-refractivity contribution in [1.82, 2.24) is 41.3 Å². The highest BCUT2D eigenvalue weighted by molar-refractivity contribution is 8.15. The number of hydrogen-bond acceptors (Lipinski definition) is 27. The molecule has 5 saturated heterocycles. The molecule has 6 aliphatic rings. The molecule has 122 heavy (non-hydrogen) atoms. The number of aliphatic hydroxyl groups is 8. The molecule has 0 spiro atoms. The highest BCUT2D eigenvalue weighted by Crippen LogP contribution is 2.45. The lowest BCUT2D eigenvalue weighted by Crippen LogP contribution is -2.64. The highest BCUT2D eigenvalue weighted by Gasteiger charge is 2.51. The summed E-state index contributed by atoms with van der Waals surface area (Å²) < 4.78 is 50.9. The third-order valence-corrected chi connectivity index (χ3v) is 24.1. The van der Waals surface area contributed by atoms with Crippen molar-refractivity contribution in [3.05, 3.63) is 167 Å². The van der Waals surface area contributed by atoms with Crippen LogP contribution in [0.4, 0.5) is 21.9 Å². The normalized spacial score (nSPS) is 23.8. The summed E-state index contributed by atoms with van der Waals surface area (Å²) in [5.74, 6) is -10.0. The van der Waals surface area contributed by atoms with Gasteiger partial charge in [-0.3, -0.25) is 47.2 Å².